The molecule has 6 heteroatoms. The summed E-state index contributed by atoms with van der Waals surface area (Å²) in [5.41, 5.74) is -0.308. The second-order valence-corrected chi connectivity index (χ2v) is 5.66. The summed E-state index contributed by atoms with van der Waals surface area (Å²) in [5.74, 6) is 0.0232. The fraction of sp³-hybridized carbons (Fsp3) is 0.533. The van der Waals surface area contributed by atoms with Gasteiger partial charge in [0.2, 0.25) is 0 Å². The van der Waals surface area contributed by atoms with Crippen molar-refractivity contribution in [3.63, 3.8) is 0 Å². The van der Waals surface area contributed by atoms with Crippen molar-refractivity contribution < 1.29 is 18.0 Å². The minimum atomic E-state index is -4.45. The fourth-order valence-electron chi connectivity index (χ4n) is 2.85. The van der Waals surface area contributed by atoms with Gasteiger partial charge in [-0.05, 0) is 37.5 Å². The summed E-state index contributed by atoms with van der Waals surface area (Å²) in [6.07, 6.45) is -3.58. The zero-order chi connectivity index (χ0) is 15.8. The van der Waals surface area contributed by atoms with E-state index in [1.165, 1.54) is 6.07 Å². The van der Waals surface area contributed by atoms with E-state index in [1.807, 2.05) is 13.8 Å². The summed E-state index contributed by atoms with van der Waals surface area (Å²) < 4.78 is 38.5. The fourth-order valence-corrected chi connectivity index (χ4v) is 2.85. The quantitative estimate of drug-likeness (QED) is 0.905. The predicted molar refractivity (Wildman–Crippen MR) is 75.3 cm³/mol. The highest BCUT2D eigenvalue weighted by molar-refractivity contribution is 6.00. The summed E-state index contributed by atoms with van der Waals surface area (Å²) in [4.78, 5) is 14.2. The van der Waals surface area contributed by atoms with Gasteiger partial charge in [0.25, 0.3) is 5.91 Å². The van der Waals surface area contributed by atoms with E-state index in [0.29, 0.717) is 18.2 Å². The zero-order valence-corrected chi connectivity index (χ0v) is 12.3. The molecule has 2 unspecified atom stereocenters. The third kappa shape index (κ3) is 3.14. The van der Waals surface area contributed by atoms with Gasteiger partial charge in [-0.25, -0.2) is 0 Å². The summed E-state index contributed by atoms with van der Waals surface area (Å²) >= 11 is 0. The van der Waals surface area contributed by atoms with Crippen LogP contribution in [0.4, 0.5) is 18.9 Å². The number of hydrogen-bond acceptors (Lipinski definition) is 2. The number of alkyl halides is 3. The molecule has 1 amide bonds. The highest BCUT2D eigenvalue weighted by Gasteiger charge is 2.35. The van der Waals surface area contributed by atoms with E-state index in [9.17, 15) is 18.0 Å². The highest BCUT2D eigenvalue weighted by atomic mass is 19.4. The first-order valence-corrected chi connectivity index (χ1v) is 6.94. The standard InChI is InChI=1S/C15H19F3N2O/c1-9-6-10(2)20(8-9)14(21)12-7-11(15(16,17)18)4-5-13(12)19-3/h4-5,7,9-10,19H,6,8H2,1-3H3. The highest BCUT2D eigenvalue weighted by Crippen LogP contribution is 2.33. The molecule has 1 heterocycles. The molecular weight excluding hydrogens is 281 g/mol. The second kappa shape index (κ2) is 5.58. The molecule has 0 saturated carbocycles. The molecule has 1 aromatic rings. The minimum absolute atomic E-state index is 0.0479. The lowest BCUT2D eigenvalue weighted by Crippen LogP contribution is -2.34. The Morgan fingerprint density at radius 3 is 2.48 bits per heavy atom. The number of amides is 1. The lowest BCUT2D eigenvalue weighted by molar-refractivity contribution is -0.137. The Morgan fingerprint density at radius 1 is 1.33 bits per heavy atom. The average Bonchev–Trinajstić information content (AvgIpc) is 2.75. The van der Waals surface area contributed by atoms with Gasteiger partial charge in [-0.1, -0.05) is 6.92 Å². The van der Waals surface area contributed by atoms with Crippen LogP contribution in [0.3, 0.4) is 0 Å². The maximum Gasteiger partial charge on any atom is 0.416 e. The Bertz CT molecular complexity index is 542. The van der Waals surface area contributed by atoms with E-state index in [2.05, 4.69) is 5.32 Å². The van der Waals surface area contributed by atoms with Crippen molar-refractivity contribution >= 4 is 11.6 Å². The molecule has 0 aliphatic carbocycles. The number of nitrogens with one attached hydrogen (secondary N) is 1. The molecule has 3 nitrogen and oxygen atoms in total. The van der Waals surface area contributed by atoms with Crippen LogP contribution in [-0.4, -0.2) is 30.4 Å². The molecule has 0 spiro atoms. The topological polar surface area (TPSA) is 32.3 Å². The lowest BCUT2D eigenvalue weighted by atomic mass is 10.1. The van der Waals surface area contributed by atoms with Crippen molar-refractivity contribution in [1.29, 1.82) is 0 Å². The van der Waals surface area contributed by atoms with E-state index in [-0.39, 0.29) is 17.5 Å². The van der Waals surface area contributed by atoms with Crippen molar-refractivity contribution in [3.8, 4) is 0 Å². The first-order chi connectivity index (χ1) is 9.74. The van der Waals surface area contributed by atoms with Crippen LogP contribution < -0.4 is 5.32 Å². The van der Waals surface area contributed by atoms with E-state index in [4.69, 9.17) is 0 Å². The molecule has 0 bridgehead atoms. The smallest absolute Gasteiger partial charge is 0.387 e. The minimum Gasteiger partial charge on any atom is -0.387 e. The van der Waals surface area contributed by atoms with Gasteiger partial charge in [0.05, 0.1) is 11.1 Å². The van der Waals surface area contributed by atoms with E-state index < -0.39 is 11.7 Å². The van der Waals surface area contributed by atoms with Crippen LogP contribution in [0.25, 0.3) is 0 Å². The van der Waals surface area contributed by atoms with Gasteiger partial charge in [-0.15, -0.1) is 0 Å². The summed E-state index contributed by atoms with van der Waals surface area (Å²) in [6, 6.07) is 3.27. The van der Waals surface area contributed by atoms with Gasteiger partial charge < -0.3 is 10.2 Å². The van der Waals surface area contributed by atoms with Crippen molar-refractivity contribution in [2.45, 2.75) is 32.5 Å². The van der Waals surface area contributed by atoms with Gasteiger partial charge in [0, 0.05) is 25.3 Å². The average molecular weight is 300 g/mol. The lowest BCUT2D eigenvalue weighted by Gasteiger charge is -2.23. The van der Waals surface area contributed by atoms with Crippen molar-refractivity contribution in [2.24, 2.45) is 5.92 Å². The number of hydrogen-bond donors (Lipinski definition) is 1. The SMILES string of the molecule is CNc1ccc(C(F)(F)F)cc1C(=O)N1CC(C)CC1C. The van der Waals surface area contributed by atoms with Gasteiger partial charge >= 0.3 is 6.18 Å². The van der Waals surface area contributed by atoms with Crippen molar-refractivity contribution in [2.75, 3.05) is 18.9 Å². The maximum atomic E-state index is 12.8. The van der Waals surface area contributed by atoms with Crippen molar-refractivity contribution in [1.82, 2.24) is 4.90 Å². The Hall–Kier alpha value is -1.72. The number of likely N-dealkylation sites (tertiary alicyclic amines) is 1. The Kier molecular flexibility index (Phi) is 4.16. The summed E-state index contributed by atoms with van der Waals surface area (Å²) in [6.45, 7) is 4.54. The molecular formula is C15H19F3N2O. The summed E-state index contributed by atoms with van der Waals surface area (Å²) in [5, 5.41) is 2.79. The van der Waals surface area contributed by atoms with Gasteiger partial charge in [-0.2, -0.15) is 13.2 Å². The molecule has 1 aromatic carbocycles. The van der Waals surface area contributed by atoms with Crippen LogP contribution in [0.15, 0.2) is 18.2 Å². The van der Waals surface area contributed by atoms with E-state index in [1.54, 1.807) is 11.9 Å². The molecule has 2 atom stereocenters. The number of carbonyl (C=O) groups is 1. The van der Waals surface area contributed by atoms with Gasteiger partial charge in [0.1, 0.15) is 0 Å². The van der Waals surface area contributed by atoms with E-state index >= 15 is 0 Å². The first kappa shape index (κ1) is 15.7. The number of rotatable bonds is 2. The normalized spacial score (nSPS) is 22.5. The molecule has 2 rings (SSSR count). The van der Waals surface area contributed by atoms with Crippen LogP contribution in [0.5, 0.6) is 0 Å². The monoisotopic (exact) mass is 300 g/mol. The molecule has 1 aliphatic heterocycles. The molecule has 0 aromatic heterocycles. The van der Waals surface area contributed by atoms with Crippen LogP contribution in [-0.2, 0) is 6.18 Å². The number of benzene rings is 1. The third-order valence-electron chi connectivity index (χ3n) is 3.89. The van der Waals surface area contributed by atoms with Gasteiger partial charge in [-0.3, -0.25) is 4.79 Å². The predicted octanol–water partition coefficient (Wildman–Crippen LogP) is 3.62. The first-order valence-electron chi connectivity index (χ1n) is 6.94. The Balaban J connectivity index is 2.39. The number of nitrogens with zero attached hydrogens (tertiary/aromatic N) is 1. The molecule has 21 heavy (non-hydrogen) atoms. The molecule has 1 N–H and O–H groups in total. The summed E-state index contributed by atoms with van der Waals surface area (Å²) in [7, 11) is 1.59. The van der Waals surface area contributed by atoms with Gasteiger partial charge in [0.15, 0.2) is 0 Å². The van der Waals surface area contributed by atoms with Crippen LogP contribution >= 0.6 is 0 Å². The second-order valence-electron chi connectivity index (χ2n) is 5.66. The van der Waals surface area contributed by atoms with Crippen LogP contribution in [0.2, 0.25) is 0 Å². The molecule has 116 valence electrons. The maximum absolute atomic E-state index is 12.8. The number of halogens is 3. The molecule has 1 aliphatic rings. The Labute approximate surface area is 122 Å². The number of carbonyl (C=O) groups excluding carboxylic acids is 1. The zero-order valence-electron chi connectivity index (χ0n) is 12.3. The van der Waals surface area contributed by atoms with Crippen LogP contribution in [0.1, 0.15) is 36.2 Å². The van der Waals surface area contributed by atoms with Crippen molar-refractivity contribution in [3.05, 3.63) is 29.3 Å². The van der Waals surface area contributed by atoms with E-state index in [0.717, 1.165) is 18.6 Å². The van der Waals surface area contributed by atoms with Crippen LogP contribution in [0, 0.1) is 5.92 Å². The Morgan fingerprint density at radius 2 is 2.00 bits per heavy atom. The molecule has 1 fully saturated rings. The largest absolute Gasteiger partial charge is 0.416 e. The number of anilines is 1. The molecule has 1 saturated heterocycles. The molecule has 0 radical (unpaired) electrons. The third-order valence-corrected chi connectivity index (χ3v) is 3.89.